The molecule has 21 heavy (non-hydrogen) atoms. The van der Waals surface area contributed by atoms with Crippen LogP contribution < -0.4 is 16.0 Å². The Morgan fingerprint density at radius 1 is 1.43 bits per heavy atom. The molecule has 0 amide bonds. The number of nitrogens with zero attached hydrogens (tertiary/aromatic N) is 3. The Morgan fingerprint density at radius 2 is 2.19 bits per heavy atom. The fourth-order valence-corrected chi connectivity index (χ4v) is 2.40. The summed E-state index contributed by atoms with van der Waals surface area (Å²) in [5, 5.41) is 3.30. The van der Waals surface area contributed by atoms with Gasteiger partial charge in [0.25, 0.3) is 0 Å². The summed E-state index contributed by atoms with van der Waals surface area (Å²) in [6.07, 6.45) is 1.12. The van der Waals surface area contributed by atoms with Gasteiger partial charge in [0.2, 0.25) is 5.95 Å². The second kappa shape index (κ2) is 6.58. The summed E-state index contributed by atoms with van der Waals surface area (Å²) in [4.78, 5) is 10.9. The van der Waals surface area contributed by atoms with Crippen LogP contribution in [0.3, 0.4) is 0 Å². The van der Waals surface area contributed by atoms with Crippen molar-refractivity contribution in [2.75, 3.05) is 37.4 Å². The summed E-state index contributed by atoms with van der Waals surface area (Å²) in [7, 11) is 1.99. The molecule has 6 nitrogen and oxygen atoms in total. The van der Waals surface area contributed by atoms with E-state index in [4.69, 9.17) is 10.5 Å². The molecule has 0 spiro atoms. The molecule has 2 heterocycles. The molecular formula is C15H27N5O. The van der Waals surface area contributed by atoms with E-state index < -0.39 is 0 Å². The zero-order chi connectivity index (χ0) is 15.5. The van der Waals surface area contributed by atoms with E-state index in [0.717, 1.165) is 31.0 Å². The van der Waals surface area contributed by atoms with Crippen molar-refractivity contribution < 1.29 is 4.74 Å². The van der Waals surface area contributed by atoms with E-state index in [1.165, 1.54) is 0 Å². The van der Waals surface area contributed by atoms with Crippen LogP contribution in [-0.2, 0) is 11.3 Å². The lowest BCUT2D eigenvalue weighted by molar-refractivity contribution is 0.0581. The smallest absolute Gasteiger partial charge is 0.222 e. The molecule has 1 aliphatic heterocycles. The Labute approximate surface area is 127 Å². The molecule has 0 aromatic carbocycles. The standard InChI is InChI=1S/C15H27N5O/c1-15(2,3)10-21-9-12-7-13(19-14(16)18-12)20-6-5-11(8-20)17-4/h7,11,17H,5-6,8-10H2,1-4H3,(H2,16,18,19)/t11-/m1/s1. The molecule has 3 N–H and O–H groups in total. The van der Waals surface area contributed by atoms with Crippen LogP contribution in [-0.4, -0.2) is 42.8 Å². The third-order valence-corrected chi connectivity index (χ3v) is 3.49. The molecule has 1 saturated heterocycles. The van der Waals surface area contributed by atoms with Gasteiger partial charge in [-0.2, -0.15) is 4.98 Å². The summed E-state index contributed by atoms with van der Waals surface area (Å²) >= 11 is 0. The first kappa shape index (κ1) is 16.0. The van der Waals surface area contributed by atoms with Crippen molar-refractivity contribution in [2.45, 2.75) is 39.8 Å². The Kier molecular flexibility index (Phi) is 5.00. The van der Waals surface area contributed by atoms with Gasteiger partial charge < -0.3 is 20.7 Å². The SMILES string of the molecule is CN[C@@H]1CCN(c2cc(COCC(C)(C)C)nc(N)n2)C1. The Balaban J connectivity index is 2.00. The molecule has 1 aromatic heterocycles. The van der Waals surface area contributed by atoms with E-state index in [9.17, 15) is 0 Å². The largest absolute Gasteiger partial charge is 0.375 e. The first-order chi connectivity index (χ1) is 9.87. The fraction of sp³-hybridized carbons (Fsp3) is 0.733. The van der Waals surface area contributed by atoms with Crippen molar-refractivity contribution >= 4 is 11.8 Å². The van der Waals surface area contributed by atoms with Crippen LogP contribution in [0.5, 0.6) is 0 Å². The Hall–Kier alpha value is -1.40. The van der Waals surface area contributed by atoms with Crippen LogP contribution in [0.1, 0.15) is 32.9 Å². The maximum absolute atomic E-state index is 5.83. The van der Waals surface area contributed by atoms with Crippen molar-refractivity contribution in [3.05, 3.63) is 11.8 Å². The summed E-state index contributed by atoms with van der Waals surface area (Å²) in [6, 6.07) is 2.50. The second-order valence-corrected chi connectivity index (χ2v) is 6.85. The van der Waals surface area contributed by atoms with Crippen LogP contribution >= 0.6 is 0 Å². The van der Waals surface area contributed by atoms with Crippen LogP contribution in [0.25, 0.3) is 0 Å². The highest BCUT2D eigenvalue weighted by atomic mass is 16.5. The van der Waals surface area contributed by atoms with Crippen molar-refractivity contribution in [2.24, 2.45) is 5.41 Å². The van der Waals surface area contributed by atoms with Crippen LogP contribution in [0, 0.1) is 5.41 Å². The number of likely N-dealkylation sites (N-methyl/N-ethyl adjacent to an activating group) is 1. The summed E-state index contributed by atoms with van der Waals surface area (Å²) in [6.45, 7) is 9.55. The normalized spacial score (nSPS) is 19.2. The summed E-state index contributed by atoms with van der Waals surface area (Å²) in [5.41, 5.74) is 6.82. The molecule has 2 rings (SSSR count). The van der Waals surface area contributed by atoms with Crippen molar-refractivity contribution in [1.29, 1.82) is 0 Å². The van der Waals surface area contributed by atoms with Gasteiger partial charge in [0.15, 0.2) is 0 Å². The number of ether oxygens (including phenoxy) is 1. The number of hydrogen-bond acceptors (Lipinski definition) is 6. The summed E-state index contributed by atoms with van der Waals surface area (Å²) < 4.78 is 5.72. The molecule has 1 aromatic rings. The topological polar surface area (TPSA) is 76.3 Å². The zero-order valence-electron chi connectivity index (χ0n) is 13.5. The first-order valence-corrected chi connectivity index (χ1v) is 7.51. The number of nitrogens with one attached hydrogen (secondary N) is 1. The fourth-order valence-electron chi connectivity index (χ4n) is 2.40. The van der Waals surface area contributed by atoms with E-state index in [2.05, 4.69) is 41.0 Å². The predicted octanol–water partition coefficient (Wildman–Crippen LogP) is 1.42. The summed E-state index contributed by atoms with van der Waals surface area (Å²) in [5.74, 6) is 1.21. The quantitative estimate of drug-likeness (QED) is 0.855. The van der Waals surface area contributed by atoms with Gasteiger partial charge in [0.1, 0.15) is 5.82 Å². The van der Waals surface area contributed by atoms with Crippen LogP contribution in [0.2, 0.25) is 0 Å². The van der Waals surface area contributed by atoms with Gasteiger partial charge in [-0.15, -0.1) is 0 Å². The van der Waals surface area contributed by atoms with E-state index >= 15 is 0 Å². The van der Waals surface area contributed by atoms with Gasteiger partial charge in [-0.25, -0.2) is 4.98 Å². The predicted molar refractivity (Wildman–Crippen MR) is 85.2 cm³/mol. The monoisotopic (exact) mass is 293 g/mol. The second-order valence-electron chi connectivity index (χ2n) is 6.85. The first-order valence-electron chi connectivity index (χ1n) is 7.51. The molecule has 0 bridgehead atoms. The van der Waals surface area contributed by atoms with Crippen molar-refractivity contribution in [3.63, 3.8) is 0 Å². The van der Waals surface area contributed by atoms with Crippen molar-refractivity contribution in [1.82, 2.24) is 15.3 Å². The maximum atomic E-state index is 5.83. The molecule has 1 aliphatic rings. The van der Waals surface area contributed by atoms with Gasteiger partial charge in [-0.3, -0.25) is 0 Å². The third-order valence-electron chi connectivity index (χ3n) is 3.49. The van der Waals surface area contributed by atoms with Gasteiger partial charge in [0, 0.05) is 25.2 Å². The zero-order valence-corrected chi connectivity index (χ0v) is 13.5. The van der Waals surface area contributed by atoms with E-state index in [0.29, 0.717) is 25.2 Å². The number of nitrogen functional groups attached to an aromatic ring is 1. The Morgan fingerprint density at radius 3 is 2.81 bits per heavy atom. The number of nitrogens with two attached hydrogens (primary N) is 1. The average molecular weight is 293 g/mol. The molecule has 1 fully saturated rings. The molecule has 0 unspecified atom stereocenters. The average Bonchev–Trinajstić information content (AvgIpc) is 2.85. The minimum Gasteiger partial charge on any atom is -0.375 e. The molecule has 0 saturated carbocycles. The van der Waals surface area contributed by atoms with Gasteiger partial charge in [-0.05, 0) is 18.9 Å². The number of hydrogen-bond donors (Lipinski definition) is 2. The lowest BCUT2D eigenvalue weighted by Gasteiger charge is -2.20. The minimum atomic E-state index is 0.149. The van der Waals surface area contributed by atoms with Crippen LogP contribution in [0.4, 0.5) is 11.8 Å². The molecular weight excluding hydrogens is 266 g/mol. The van der Waals surface area contributed by atoms with Gasteiger partial charge in [0.05, 0.1) is 18.9 Å². The Bertz CT molecular complexity index is 472. The molecule has 0 aliphatic carbocycles. The van der Waals surface area contributed by atoms with Crippen molar-refractivity contribution in [3.8, 4) is 0 Å². The molecule has 0 radical (unpaired) electrons. The van der Waals surface area contributed by atoms with Crippen LogP contribution in [0.15, 0.2) is 6.07 Å². The van der Waals surface area contributed by atoms with E-state index in [1.54, 1.807) is 0 Å². The van der Waals surface area contributed by atoms with Gasteiger partial charge >= 0.3 is 0 Å². The maximum Gasteiger partial charge on any atom is 0.222 e. The number of anilines is 2. The molecule has 1 atom stereocenters. The highest BCUT2D eigenvalue weighted by Crippen LogP contribution is 2.20. The number of aromatic nitrogens is 2. The highest BCUT2D eigenvalue weighted by Gasteiger charge is 2.22. The van der Waals surface area contributed by atoms with E-state index in [-0.39, 0.29) is 5.41 Å². The molecule has 6 heteroatoms. The number of rotatable bonds is 5. The highest BCUT2D eigenvalue weighted by molar-refractivity contribution is 5.44. The third kappa shape index (κ3) is 4.82. The van der Waals surface area contributed by atoms with Gasteiger partial charge in [-0.1, -0.05) is 20.8 Å². The lowest BCUT2D eigenvalue weighted by atomic mass is 9.99. The molecule has 118 valence electrons. The minimum absolute atomic E-state index is 0.149. The van der Waals surface area contributed by atoms with E-state index in [1.807, 2.05) is 13.1 Å². The lowest BCUT2D eigenvalue weighted by Crippen LogP contribution is -2.30.